The van der Waals surface area contributed by atoms with Crippen molar-refractivity contribution < 1.29 is 13.2 Å². The van der Waals surface area contributed by atoms with Gasteiger partial charge in [-0.05, 0) is 56.7 Å². The predicted molar refractivity (Wildman–Crippen MR) is 133 cm³/mol. The second kappa shape index (κ2) is 14.8. The maximum Gasteiger partial charge on any atom is 0.240 e. The summed E-state index contributed by atoms with van der Waals surface area (Å²) in [4.78, 5) is 4.84. The van der Waals surface area contributed by atoms with E-state index in [0.29, 0.717) is 13.2 Å². The standard InChI is InChI=1S/C21H34N4O3S.HI/c1-3-22-21(23-13-12-18-8-5-4-6-9-18)24-17-19-10-7-11-20(16-19)29(26,27)25-14-15-28-2;/h7-8,10-11,16,25H,3-6,9,12-15,17H2,1-2H3,(H2,22,23,24);1H. The van der Waals surface area contributed by atoms with Crippen molar-refractivity contribution in [2.45, 2.75) is 50.5 Å². The number of nitrogens with zero attached hydrogens (tertiary/aromatic N) is 1. The largest absolute Gasteiger partial charge is 0.383 e. The fraction of sp³-hybridized carbons (Fsp3) is 0.571. The van der Waals surface area contributed by atoms with Gasteiger partial charge in [-0.1, -0.05) is 23.8 Å². The zero-order valence-electron chi connectivity index (χ0n) is 17.9. The van der Waals surface area contributed by atoms with Crippen LogP contribution in [0.4, 0.5) is 0 Å². The van der Waals surface area contributed by atoms with Crippen molar-refractivity contribution in [1.82, 2.24) is 15.4 Å². The molecule has 0 aliphatic heterocycles. The van der Waals surface area contributed by atoms with Crippen LogP contribution in [0.3, 0.4) is 0 Å². The van der Waals surface area contributed by atoms with E-state index in [1.54, 1.807) is 18.2 Å². The maximum absolute atomic E-state index is 12.4. The topological polar surface area (TPSA) is 91.8 Å². The van der Waals surface area contributed by atoms with E-state index < -0.39 is 10.0 Å². The second-order valence-electron chi connectivity index (χ2n) is 7.02. The molecule has 1 aliphatic rings. The van der Waals surface area contributed by atoms with Gasteiger partial charge in [-0.15, -0.1) is 24.0 Å². The summed E-state index contributed by atoms with van der Waals surface area (Å²) in [5.41, 5.74) is 2.37. The van der Waals surface area contributed by atoms with Crippen molar-refractivity contribution in [2.75, 3.05) is 33.4 Å². The highest BCUT2D eigenvalue weighted by Crippen LogP contribution is 2.19. The van der Waals surface area contributed by atoms with Crippen molar-refractivity contribution >= 4 is 40.0 Å². The Morgan fingerprint density at radius 2 is 2.03 bits per heavy atom. The number of aliphatic imine (C=N–C) groups is 1. The third-order valence-electron chi connectivity index (χ3n) is 4.69. The molecule has 0 heterocycles. The van der Waals surface area contributed by atoms with E-state index in [-0.39, 0.29) is 35.4 Å². The molecular formula is C21H35IN4O3S. The minimum Gasteiger partial charge on any atom is -0.383 e. The van der Waals surface area contributed by atoms with Crippen LogP contribution < -0.4 is 15.4 Å². The Kier molecular flexibility index (Phi) is 13.2. The van der Waals surface area contributed by atoms with Gasteiger partial charge in [0.2, 0.25) is 10.0 Å². The molecule has 3 N–H and O–H groups in total. The number of sulfonamides is 1. The number of ether oxygens (including phenoxy) is 1. The summed E-state index contributed by atoms with van der Waals surface area (Å²) in [5.74, 6) is 0.746. The number of rotatable bonds is 11. The highest BCUT2D eigenvalue weighted by Gasteiger charge is 2.13. The van der Waals surface area contributed by atoms with E-state index in [9.17, 15) is 8.42 Å². The quantitative estimate of drug-likeness (QED) is 0.130. The molecule has 0 unspecified atom stereocenters. The number of halogens is 1. The summed E-state index contributed by atoms with van der Waals surface area (Å²) >= 11 is 0. The van der Waals surface area contributed by atoms with Crippen LogP contribution in [-0.4, -0.2) is 47.7 Å². The van der Waals surface area contributed by atoms with Gasteiger partial charge in [-0.2, -0.15) is 0 Å². The van der Waals surface area contributed by atoms with Crippen LogP contribution in [0.2, 0.25) is 0 Å². The van der Waals surface area contributed by atoms with Crippen LogP contribution in [-0.2, 0) is 21.3 Å². The zero-order valence-corrected chi connectivity index (χ0v) is 21.1. The molecule has 0 radical (unpaired) electrons. The number of hydrogen-bond donors (Lipinski definition) is 3. The normalized spacial score (nSPS) is 14.6. The van der Waals surface area contributed by atoms with E-state index in [2.05, 4.69) is 26.4 Å². The summed E-state index contributed by atoms with van der Waals surface area (Å²) < 4.78 is 32.1. The minimum absolute atomic E-state index is 0. The van der Waals surface area contributed by atoms with Gasteiger partial charge in [-0.3, -0.25) is 0 Å². The van der Waals surface area contributed by atoms with Crippen LogP contribution in [0.15, 0.2) is 45.8 Å². The molecule has 0 fully saturated rings. The lowest BCUT2D eigenvalue weighted by Gasteiger charge is -2.15. The number of guanidine groups is 1. The van der Waals surface area contributed by atoms with Gasteiger partial charge in [0.05, 0.1) is 18.0 Å². The summed E-state index contributed by atoms with van der Waals surface area (Å²) in [7, 11) is -2.01. The molecule has 0 spiro atoms. The number of hydrogen-bond acceptors (Lipinski definition) is 4. The molecule has 0 atom stereocenters. The monoisotopic (exact) mass is 550 g/mol. The first-order valence-electron chi connectivity index (χ1n) is 10.3. The molecule has 0 saturated carbocycles. The van der Waals surface area contributed by atoms with Crippen molar-refractivity contribution in [1.29, 1.82) is 0 Å². The number of nitrogens with one attached hydrogen (secondary N) is 3. The van der Waals surface area contributed by atoms with Crippen molar-refractivity contribution in [3.8, 4) is 0 Å². The maximum atomic E-state index is 12.4. The fourth-order valence-electron chi connectivity index (χ4n) is 3.16. The smallest absolute Gasteiger partial charge is 0.240 e. The van der Waals surface area contributed by atoms with Crippen LogP contribution in [0, 0.1) is 0 Å². The Morgan fingerprint density at radius 3 is 2.73 bits per heavy atom. The Hall–Kier alpha value is -1.17. The van der Waals surface area contributed by atoms with Gasteiger partial charge in [-0.25, -0.2) is 18.1 Å². The molecule has 0 aromatic heterocycles. The third kappa shape index (κ3) is 9.76. The third-order valence-corrected chi connectivity index (χ3v) is 6.15. The SMILES string of the molecule is CCNC(=NCc1cccc(S(=O)(=O)NCCOC)c1)NCCC1=CCCCC1.I. The molecule has 9 heteroatoms. The lowest BCUT2D eigenvalue weighted by molar-refractivity contribution is 0.204. The molecule has 1 aromatic carbocycles. The van der Waals surface area contributed by atoms with Gasteiger partial charge in [0.15, 0.2) is 5.96 Å². The van der Waals surface area contributed by atoms with Gasteiger partial charge in [0, 0.05) is 26.7 Å². The highest BCUT2D eigenvalue weighted by atomic mass is 127. The van der Waals surface area contributed by atoms with Crippen LogP contribution in [0.5, 0.6) is 0 Å². The van der Waals surface area contributed by atoms with Crippen molar-refractivity contribution in [2.24, 2.45) is 4.99 Å². The lowest BCUT2D eigenvalue weighted by Crippen LogP contribution is -2.37. The number of methoxy groups -OCH3 is 1. The lowest BCUT2D eigenvalue weighted by atomic mass is 9.97. The second-order valence-corrected chi connectivity index (χ2v) is 8.79. The molecule has 1 aliphatic carbocycles. The Balaban J connectivity index is 0.00000450. The van der Waals surface area contributed by atoms with Gasteiger partial charge in [0.1, 0.15) is 0 Å². The molecule has 0 bridgehead atoms. The molecular weight excluding hydrogens is 515 g/mol. The van der Waals surface area contributed by atoms with Crippen LogP contribution >= 0.6 is 24.0 Å². The first-order valence-corrected chi connectivity index (χ1v) is 11.8. The number of allylic oxidation sites excluding steroid dienone is 1. The summed E-state index contributed by atoms with van der Waals surface area (Å²) in [5, 5.41) is 6.62. The Labute approximate surface area is 198 Å². The van der Waals surface area contributed by atoms with Gasteiger partial charge in [0.25, 0.3) is 0 Å². The summed E-state index contributed by atoms with van der Waals surface area (Å²) in [6.45, 7) is 4.62. The Bertz CT molecular complexity index is 797. The van der Waals surface area contributed by atoms with E-state index in [0.717, 1.165) is 31.0 Å². The molecule has 1 aromatic rings. The van der Waals surface area contributed by atoms with E-state index in [4.69, 9.17) is 4.74 Å². The molecule has 0 saturated heterocycles. The van der Waals surface area contributed by atoms with Crippen LogP contribution in [0.25, 0.3) is 0 Å². The number of benzene rings is 1. The Morgan fingerprint density at radius 1 is 1.20 bits per heavy atom. The fourth-order valence-corrected chi connectivity index (χ4v) is 4.24. The first kappa shape index (κ1) is 26.9. The molecule has 30 heavy (non-hydrogen) atoms. The average molecular weight is 551 g/mol. The van der Waals surface area contributed by atoms with Gasteiger partial charge >= 0.3 is 0 Å². The minimum atomic E-state index is -3.55. The zero-order chi connectivity index (χ0) is 21.0. The summed E-state index contributed by atoms with van der Waals surface area (Å²) in [6.07, 6.45) is 8.39. The van der Waals surface area contributed by atoms with Crippen molar-refractivity contribution in [3.05, 3.63) is 41.5 Å². The van der Waals surface area contributed by atoms with E-state index in [1.807, 2.05) is 13.0 Å². The van der Waals surface area contributed by atoms with Gasteiger partial charge < -0.3 is 15.4 Å². The van der Waals surface area contributed by atoms with E-state index in [1.165, 1.54) is 38.4 Å². The van der Waals surface area contributed by atoms with Crippen molar-refractivity contribution in [3.63, 3.8) is 0 Å². The summed E-state index contributed by atoms with van der Waals surface area (Å²) in [6, 6.07) is 6.87. The first-order chi connectivity index (χ1) is 14.0. The molecule has 0 amide bonds. The average Bonchev–Trinajstić information content (AvgIpc) is 2.73. The highest BCUT2D eigenvalue weighted by molar-refractivity contribution is 14.0. The molecule has 170 valence electrons. The van der Waals surface area contributed by atoms with E-state index >= 15 is 0 Å². The molecule has 2 rings (SSSR count). The van der Waals surface area contributed by atoms with Crippen LogP contribution in [0.1, 0.15) is 44.6 Å². The molecule has 7 nitrogen and oxygen atoms in total. The predicted octanol–water partition coefficient (Wildman–Crippen LogP) is 3.17.